The summed E-state index contributed by atoms with van der Waals surface area (Å²) in [6, 6.07) is 16.9. The second kappa shape index (κ2) is 8.17. The molecule has 1 heterocycles. The summed E-state index contributed by atoms with van der Waals surface area (Å²) >= 11 is 1.73. The molecule has 0 N–H and O–H groups in total. The van der Waals surface area contributed by atoms with E-state index in [0.29, 0.717) is 0 Å². The standard InChI is InChI=1S/C22H27N3OS/c1-22(2,3)18-10-8-17(9-11-18)20-23-24-21(25(20)4)27-15-14-16-6-12-19(26-5)13-7-16/h6-13H,14-15H2,1-5H3. The maximum atomic E-state index is 5.20. The van der Waals surface area contributed by atoms with Crippen LogP contribution in [0.2, 0.25) is 0 Å². The van der Waals surface area contributed by atoms with Gasteiger partial charge >= 0.3 is 0 Å². The molecule has 4 nitrogen and oxygen atoms in total. The van der Waals surface area contributed by atoms with E-state index < -0.39 is 0 Å². The molecule has 0 spiro atoms. The van der Waals surface area contributed by atoms with Gasteiger partial charge in [-0.15, -0.1) is 10.2 Å². The van der Waals surface area contributed by atoms with Crippen molar-refractivity contribution in [2.24, 2.45) is 7.05 Å². The molecule has 0 fully saturated rings. The van der Waals surface area contributed by atoms with Gasteiger partial charge in [-0.25, -0.2) is 0 Å². The van der Waals surface area contributed by atoms with Crippen LogP contribution in [0.4, 0.5) is 0 Å². The van der Waals surface area contributed by atoms with Crippen LogP contribution >= 0.6 is 11.8 Å². The van der Waals surface area contributed by atoms with Gasteiger partial charge in [-0.1, -0.05) is 68.9 Å². The molecule has 0 saturated carbocycles. The third kappa shape index (κ3) is 4.72. The molecule has 0 saturated heterocycles. The van der Waals surface area contributed by atoms with Crippen LogP contribution in [0.3, 0.4) is 0 Å². The fraction of sp³-hybridized carbons (Fsp3) is 0.364. The van der Waals surface area contributed by atoms with Crippen LogP contribution in [0.15, 0.2) is 53.7 Å². The van der Waals surface area contributed by atoms with Gasteiger partial charge in [0.15, 0.2) is 11.0 Å². The highest BCUT2D eigenvalue weighted by atomic mass is 32.2. The van der Waals surface area contributed by atoms with Crippen molar-refractivity contribution in [3.8, 4) is 17.1 Å². The lowest BCUT2D eigenvalue weighted by Crippen LogP contribution is -2.10. The summed E-state index contributed by atoms with van der Waals surface area (Å²) in [6.45, 7) is 6.67. The third-order valence-electron chi connectivity index (χ3n) is 4.62. The van der Waals surface area contributed by atoms with Crippen molar-refractivity contribution in [1.29, 1.82) is 0 Å². The highest BCUT2D eigenvalue weighted by molar-refractivity contribution is 7.99. The highest BCUT2D eigenvalue weighted by Gasteiger charge is 2.15. The first kappa shape index (κ1) is 19.5. The predicted molar refractivity (Wildman–Crippen MR) is 113 cm³/mol. The molecule has 1 aromatic heterocycles. The van der Waals surface area contributed by atoms with Crippen molar-refractivity contribution in [2.75, 3.05) is 12.9 Å². The molecule has 0 radical (unpaired) electrons. The van der Waals surface area contributed by atoms with E-state index in [2.05, 4.69) is 71.9 Å². The number of thioether (sulfide) groups is 1. The molecule has 3 rings (SSSR count). The summed E-state index contributed by atoms with van der Waals surface area (Å²) in [7, 11) is 3.72. The summed E-state index contributed by atoms with van der Waals surface area (Å²) in [5.41, 5.74) is 3.87. The Morgan fingerprint density at radius 2 is 1.63 bits per heavy atom. The maximum Gasteiger partial charge on any atom is 0.191 e. The number of methoxy groups -OCH3 is 1. The molecule has 0 atom stereocenters. The minimum Gasteiger partial charge on any atom is -0.497 e. The lowest BCUT2D eigenvalue weighted by atomic mass is 9.87. The van der Waals surface area contributed by atoms with Crippen LogP contribution in [0, 0.1) is 0 Å². The zero-order valence-corrected chi connectivity index (χ0v) is 17.5. The monoisotopic (exact) mass is 381 g/mol. The van der Waals surface area contributed by atoms with Crippen molar-refractivity contribution >= 4 is 11.8 Å². The number of aryl methyl sites for hydroxylation is 1. The zero-order valence-electron chi connectivity index (χ0n) is 16.7. The molecular weight excluding hydrogens is 354 g/mol. The van der Waals surface area contributed by atoms with Gasteiger partial charge in [-0.2, -0.15) is 0 Å². The lowest BCUT2D eigenvalue weighted by Gasteiger charge is -2.19. The molecule has 0 aliphatic heterocycles. The number of hydrogen-bond donors (Lipinski definition) is 0. The van der Waals surface area contributed by atoms with E-state index in [-0.39, 0.29) is 5.41 Å². The highest BCUT2D eigenvalue weighted by Crippen LogP contribution is 2.27. The Morgan fingerprint density at radius 1 is 0.963 bits per heavy atom. The first-order valence-corrected chi connectivity index (χ1v) is 10.1. The van der Waals surface area contributed by atoms with Crippen molar-refractivity contribution in [1.82, 2.24) is 14.8 Å². The number of ether oxygens (including phenoxy) is 1. The Hall–Kier alpha value is -2.27. The molecule has 0 bridgehead atoms. The normalized spacial score (nSPS) is 11.6. The summed E-state index contributed by atoms with van der Waals surface area (Å²) in [5.74, 6) is 2.76. The van der Waals surface area contributed by atoms with Crippen molar-refractivity contribution in [2.45, 2.75) is 37.8 Å². The SMILES string of the molecule is COc1ccc(CCSc2nnc(-c3ccc(C(C)(C)C)cc3)n2C)cc1. The third-order valence-corrected chi connectivity index (χ3v) is 5.65. The molecule has 0 unspecified atom stereocenters. The van der Waals surface area contributed by atoms with Crippen LogP contribution < -0.4 is 4.74 Å². The number of hydrogen-bond acceptors (Lipinski definition) is 4. The second-order valence-corrected chi connectivity index (χ2v) is 8.70. The van der Waals surface area contributed by atoms with E-state index in [1.165, 1.54) is 11.1 Å². The second-order valence-electron chi connectivity index (χ2n) is 7.64. The number of aromatic nitrogens is 3. The van der Waals surface area contributed by atoms with E-state index >= 15 is 0 Å². The summed E-state index contributed by atoms with van der Waals surface area (Å²) in [5, 5.41) is 9.72. The first-order chi connectivity index (χ1) is 12.9. The van der Waals surface area contributed by atoms with Crippen LogP contribution in [0.1, 0.15) is 31.9 Å². The smallest absolute Gasteiger partial charge is 0.191 e. The van der Waals surface area contributed by atoms with Gasteiger partial charge in [-0.3, -0.25) is 0 Å². The summed E-state index contributed by atoms with van der Waals surface area (Å²) in [4.78, 5) is 0. The summed E-state index contributed by atoms with van der Waals surface area (Å²) in [6.07, 6.45) is 0.983. The molecule has 3 aromatic rings. The van der Waals surface area contributed by atoms with Gasteiger partial charge in [0.1, 0.15) is 5.75 Å². The molecule has 2 aromatic carbocycles. The number of nitrogens with zero attached hydrogens (tertiary/aromatic N) is 3. The van der Waals surface area contributed by atoms with E-state index in [1.54, 1.807) is 18.9 Å². The summed E-state index contributed by atoms with van der Waals surface area (Å²) < 4.78 is 7.28. The predicted octanol–water partition coefficient (Wildman–Crippen LogP) is 5.12. The number of rotatable bonds is 6. The van der Waals surface area contributed by atoms with E-state index in [9.17, 15) is 0 Å². The topological polar surface area (TPSA) is 39.9 Å². The minimum absolute atomic E-state index is 0.154. The molecule has 142 valence electrons. The van der Waals surface area contributed by atoms with E-state index in [1.807, 2.05) is 19.2 Å². The average Bonchev–Trinajstić information content (AvgIpc) is 3.02. The molecule has 0 amide bonds. The molecular formula is C22H27N3OS. The van der Waals surface area contributed by atoms with Gasteiger partial charge in [0.25, 0.3) is 0 Å². The van der Waals surface area contributed by atoms with Gasteiger partial charge in [0, 0.05) is 18.4 Å². The van der Waals surface area contributed by atoms with Crippen molar-refractivity contribution in [3.05, 3.63) is 59.7 Å². The van der Waals surface area contributed by atoms with Crippen molar-refractivity contribution < 1.29 is 4.74 Å². The Morgan fingerprint density at radius 3 is 2.22 bits per heavy atom. The van der Waals surface area contributed by atoms with Gasteiger partial charge < -0.3 is 9.30 Å². The fourth-order valence-electron chi connectivity index (χ4n) is 2.86. The fourth-order valence-corrected chi connectivity index (χ4v) is 3.76. The number of benzene rings is 2. The van der Waals surface area contributed by atoms with Crippen LogP contribution in [0.25, 0.3) is 11.4 Å². The van der Waals surface area contributed by atoms with Crippen molar-refractivity contribution in [3.63, 3.8) is 0 Å². The van der Waals surface area contributed by atoms with Crippen LogP contribution in [-0.2, 0) is 18.9 Å². The lowest BCUT2D eigenvalue weighted by molar-refractivity contribution is 0.414. The average molecular weight is 382 g/mol. The van der Waals surface area contributed by atoms with E-state index in [0.717, 1.165) is 34.5 Å². The molecule has 0 aliphatic carbocycles. The zero-order chi connectivity index (χ0) is 19.4. The maximum absolute atomic E-state index is 5.20. The Labute approximate surface area is 166 Å². The van der Waals surface area contributed by atoms with Gasteiger partial charge in [-0.05, 0) is 35.1 Å². The Bertz CT molecular complexity index is 877. The quantitative estimate of drug-likeness (QED) is 0.556. The van der Waals surface area contributed by atoms with Crippen LogP contribution in [0.5, 0.6) is 5.75 Å². The Balaban J connectivity index is 1.64. The van der Waals surface area contributed by atoms with E-state index in [4.69, 9.17) is 4.74 Å². The molecule has 27 heavy (non-hydrogen) atoms. The van der Waals surface area contributed by atoms with Crippen LogP contribution in [-0.4, -0.2) is 27.6 Å². The molecule has 0 aliphatic rings. The van der Waals surface area contributed by atoms with Gasteiger partial charge in [0.05, 0.1) is 7.11 Å². The molecule has 5 heteroatoms. The Kier molecular flexibility index (Phi) is 5.90. The van der Waals surface area contributed by atoms with Gasteiger partial charge in [0.2, 0.25) is 0 Å². The largest absolute Gasteiger partial charge is 0.497 e. The first-order valence-electron chi connectivity index (χ1n) is 9.14. The minimum atomic E-state index is 0.154.